The van der Waals surface area contributed by atoms with Crippen molar-refractivity contribution >= 4 is 5.91 Å². The molecule has 2 saturated heterocycles. The van der Waals surface area contributed by atoms with Crippen molar-refractivity contribution in [2.45, 2.75) is 52.1 Å². The fraction of sp³-hybridized carbons (Fsp3) is 0.789. The maximum Gasteiger partial charge on any atom is 0.272 e. The lowest BCUT2D eigenvalue weighted by Gasteiger charge is -2.36. The van der Waals surface area contributed by atoms with Crippen LogP contribution in [0.2, 0.25) is 0 Å². The summed E-state index contributed by atoms with van der Waals surface area (Å²) in [5.41, 5.74) is 0.526. The molecule has 4 atom stereocenters. The van der Waals surface area contributed by atoms with Crippen molar-refractivity contribution in [1.82, 2.24) is 25.3 Å². The zero-order valence-corrected chi connectivity index (χ0v) is 15.9. The first-order valence-corrected chi connectivity index (χ1v) is 9.80. The Hall–Kier alpha value is -1.40. The summed E-state index contributed by atoms with van der Waals surface area (Å²) in [5, 5.41) is 11.0. The molecule has 0 saturated carbocycles. The molecule has 25 heavy (non-hydrogen) atoms. The minimum Gasteiger partial charge on any atom is -0.347 e. The van der Waals surface area contributed by atoms with E-state index in [1.807, 2.05) is 16.9 Å². The van der Waals surface area contributed by atoms with Crippen LogP contribution in [0.25, 0.3) is 0 Å². The standard InChI is InChI=1S/C19H33N5O/c1-14-9-15(2)12-23(11-14)13-16(3)21-19(25)18-6-8-24(22-18)17-5-4-7-20-10-17/h6,8,14-17,20H,4-5,7,9-13H2,1-3H3,(H,21,25). The number of hydrogen-bond donors (Lipinski definition) is 2. The lowest BCUT2D eigenvalue weighted by molar-refractivity contribution is 0.0899. The maximum absolute atomic E-state index is 12.5. The summed E-state index contributed by atoms with van der Waals surface area (Å²) in [7, 11) is 0. The summed E-state index contributed by atoms with van der Waals surface area (Å²) in [6, 6.07) is 2.33. The van der Waals surface area contributed by atoms with Crippen LogP contribution in [0.5, 0.6) is 0 Å². The van der Waals surface area contributed by atoms with Crippen molar-refractivity contribution in [2.75, 3.05) is 32.7 Å². The number of nitrogens with zero attached hydrogens (tertiary/aromatic N) is 3. The highest BCUT2D eigenvalue weighted by molar-refractivity contribution is 5.92. The molecule has 0 spiro atoms. The monoisotopic (exact) mass is 347 g/mol. The summed E-state index contributed by atoms with van der Waals surface area (Å²) in [6.45, 7) is 11.9. The topological polar surface area (TPSA) is 62.2 Å². The molecule has 2 fully saturated rings. The molecule has 6 heteroatoms. The molecule has 1 aromatic rings. The Labute approximate surface area is 151 Å². The van der Waals surface area contributed by atoms with E-state index in [-0.39, 0.29) is 11.9 Å². The highest BCUT2D eigenvalue weighted by Crippen LogP contribution is 2.21. The van der Waals surface area contributed by atoms with E-state index in [1.165, 1.54) is 6.42 Å². The Morgan fingerprint density at radius 2 is 2.16 bits per heavy atom. The summed E-state index contributed by atoms with van der Waals surface area (Å²) in [6.07, 6.45) is 5.53. The first kappa shape index (κ1) is 18.4. The van der Waals surface area contributed by atoms with Gasteiger partial charge in [0.25, 0.3) is 5.91 Å². The van der Waals surface area contributed by atoms with E-state index in [2.05, 4.69) is 41.4 Å². The SMILES string of the molecule is CC1CC(C)CN(CC(C)NC(=O)c2ccn(C3CCCNC3)n2)C1. The summed E-state index contributed by atoms with van der Waals surface area (Å²) in [5.74, 6) is 1.42. The van der Waals surface area contributed by atoms with Crippen LogP contribution in [0, 0.1) is 11.8 Å². The van der Waals surface area contributed by atoms with Crippen molar-refractivity contribution in [2.24, 2.45) is 11.8 Å². The Bertz CT molecular complexity index is 556. The van der Waals surface area contributed by atoms with Gasteiger partial charge in [0.15, 0.2) is 0 Å². The van der Waals surface area contributed by atoms with Gasteiger partial charge in [-0.15, -0.1) is 0 Å². The molecular formula is C19H33N5O. The van der Waals surface area contributed by atoms with Gasteiger partial charge in [-0.2, -0.15) is 5.10 Å². The van der Waals surface area contributed by atoms with Gasteiger partial charge >= 0.3 is 0 Å². The number of likely N-dealkylation sites (tertiary alicyclic amines) is 1. The van der Waals surface area contributed by atoms with E-state index in [4.69, 9.17) is 0 Å². The van der Waals surface area contributed by atoms with Crippen molar-refractivity contribution in [3.05, 3.63) is 18.0 Å². The molecule has 140 valence electrons. The van der Waals surface area contributed by atoms with Crippen LogP contribution in [0.4, 0.5) is 0 Å². The molecule has 1 aromatic heterocycles. The van der Waals surface area contributed by atoms with Gasteiger partial charge in [0.1, 0.15) is 5.69 Å². The van der Waals surface area contributed by atoms with Gasteiger partial charge in [0.2, 0.25) is 0 Å². The van der Waals surface area contributed by atoms with Gasteiger partial charge < -0.3 is 15.5 Å². The number of rotatable bonds is 5. The molecule has 1 amide bonds. The van der Waals surface area contributed by atoms with E-state index in [1.54, 1.807) is 0 Å². The highest BCUT2D eigenvalue weighted by atomic mass is 16.2. The largest absolute Gasteiger partial charge is 0.347 e. The van der Waals surface area contributed by atoms with Crippen molar-refractivity contribution in [1.29, 1.82) is 0 Å². The number of nitrogens with one attached hydrogen (secondary N) is 2. The van der Waals surface area contributed by atoms with Gasteiger partial charge in [-0.1, -0.05) is 13.8 Å². The first-order valence-electron chi connectivity index (χ1n) is 9.80. The van der Waals surface area contributed by atoms with E-state index >= 15 is 0 Å². The molecule has 3 heterocycles. The second kappa shape index (κ2) is 8.32. The summed E-state index contributed by atoms with van der Waals surface area (Å²) in [4.78, 5) is 15.0. The Morgan fingerprint density at radius 1 is 1.40 bits per heavy atom. The van der Waals surface area contributed by atoms with Crippen molar-refractivity contribution < 1.29 is 4.79 Å². The zero-order chi connectivity index (χ0) is 17.8. The molecule has 2 aliphatic rings. The van der Waals surface area contributed by atoms with E-state index in [9.17, 15) is 4.79 Å². The number of hydrogen-bond acceptors (Lipinski definition) is 4. The molecule has 3 rings (SSSR count). The number of piperidine rings is 2. The molecule has 0 radical (unpaired) electrons. The third-order valence-electron chi connectivity index (χ3n) is 5.34. The normalized spacial score (nSPS) is 29.3. The average Bonchev–Trinajstić information content (AvgIpc) is 3.04. The predicted molar refractivity (Wildman–Crippen MR) is 99.7 cm³/mol. The second-order valence-corrected chi connectivity index (χ2v) is 8.22. The third kappa shape index (κ3) is 5.05. The molecule has 2 N–H and O–H groups in total. The van der Waals surface area contributed by atoms with Crippen molar-refractivity contribution in [3.63, 3.8) is 0 Å². The van der Waals surface area contributed by atoms with Crippen molar-refractivity contribution in [3.8, 4) is 0 Å². The van der Waals surface area contributed by atoms with Gasteiger partial charge in [0, 0.05) is 38.4 Å². The number of aromatic nitrogens is 2. The van der Waals surface area contributed by atoms with Crippen LogP contribution in [-0.4, -0.2) is 59.4 Å². The van der Waals surface area contributed by atoms with Gasteiger partial charge in [-0.3, -0.25) is 9.48 Å². The lowest BCUT2D eigenvalue weighted by Crippen LogP contribution is -2.47. The molecule has 4 unspecified atom stereocenters. The van der Waals surface area contributed by atoms with Crippen LogP contribution in [0.3, 0.4) is 0 Å². The van der Waals surface area contributed by atoms with Crippen LogP contribution < -0.4 is 10.6 Å². The van der Waals surface area contributed by atoms with Gasteiger partial charge in [-0.25, -0.2) is 0 Å². The number of carbonyl (C=O) groups is 1. The predicted octanol–water partition coefficient (Wildman–Crippen LogP) is 1.90. The quantitative estimate of drug-likeness (QED) is 0.854. The smallest absolute Gasteiger partial charge is 0.272 e. The van der Waals surface area contributed by atoms with Crippen LogP contribution in [0.1, 0.15) is 56.6 Å². The Balaban J connectivity index is 1.50. The fourth-order valence-electron chi connectivity index (χ4n) is 4.39. The highest BCUT2D eigenvalue weighted by Gasteiger charge is 2.24. The van der Waals surface area contributed by atoms with Crippen LogP contribution in [0.15, 0.2) is 12.3 Å². The van der Waals surface area contributed by atoms with E-state index < -0.39 is 0 Å². The molecule has 6 nitrogen and oxygen atoms in total. The zero-order valence-electron chi connectivity index (χ0n) is 15.9. The molecular weight excluding hydrogens is 314 g/mol. The third-order valence-corrected chi connectivity index (χ3v) is 5.34. The minimum atomic E-state index is -0.0619. The van der Waals surface area contributed by atoms with Gasteiger partial charge in [-0.05, 0) is 50.6 Å². The molecule has 0 aliphatic carbocycles. The molecule has 0 aromatic carbocycles. The first-order chi connectivity index (χ1) is 12.0. The average molecular weight is 348 g/mol. The Kier molecular flexibility index (Phi) is 6.12. The lowest BCUT2D eigenvalue weighted by atomic mass is 9.92. The van der Waals surface area contributed by atoms with E-state index in [0.717, 1.165) is 57.4 Å². The molecule has 0 bridgehead atoms. The number of amides is 1. The second-order valence-electron chi connectivity index (χ2n) is 8.22. The van der Waals surface area contributed by atoms with Crippen LogP contribution >= 0.6 is 0 Å². The maximum atomic E-state index is 12.5. The summed E-state index contributed by atoms with van der Waals surface area (Å²) >= 11 is 0. The summed E-state index contributed by atoms with van der Waals surface area (Å²) < 4.78 is 1.94. The number of carbonyl (C=O) groups excluding carboxylic acids is 1. The minimum absolute atomic E-state index is 0.0619. The van der Waals surface area contributed by atoms with Crippen LogP contribution in [-0.2, 0) is 0 Å². The van der Waals surface area contributed by atoms with Gasteiger partial charge in [0.05, 0.1) is 6.04 Å². The fourth-order valence-corrected chi connectivity index (χ4v) is 4.39. The molecule has 2 aliphatic heterocycles. The van der Waals surface area contributed by atoms with E-state index in [0.29, 0.717) is 11.7 Å². The Morgan fingerprint density at radius 3 is 2.84 bits per heavy atom.